The zero-order chi connectivity index (χ0) is 24.8. The summed E-state index contributed by atoms with van der Waals surface area (Å²) in [7, 11) is 2.09. The van der Waals surface area contributed by atoms with E-state index >= 15 is 0 Å². The number of rotatable bonds is 9. The number of anilines is 2. The van der Waals surface area contributed by atoms with Crippen LogP contribution in [0.15, 0.2) is 97.1 Å². The third-order valence-electron chi connectivity index (χ3n) is 6.74. The van der Waals surface area contributed by atoms with E-state index < -0.39 is 0 Å². The molecule has 3 nitrogen and oxygen atoms in total. The van der Waals surface area contributed by atoms with Crippen LogP contribution in [0.5, 0.6) is 11.5 Å². The Hall–Kier alpha value is -3.29. The Morgan fingerprint density at radius 3 is 2.00 bits per heavy atom. The van der Waals surface area contributed by atoms with Crippen molar-refractivity contribution in [2.75, 3.05) is 12.0 Å². The van der Waals surface area contributed by atoms with Crippen LogP contribution in [0.25, 0.3) is 0 Å². The van der Waals surface area contributed by atoms with Crippen molar-refractivity contribution in [3.05, 3.63) is 114 Å². The molecule has 0 saturated heterocycles. The van der Waals surface area contributed by atoms with Gasteiger partial charge in [-0.3, -0.25) is 0 Å². The van der Waals surface area contributed by atoms with Crippen LogP contribution in [0.3, 0.4) is 0 Å². The molecule has 0 bridgehead atoms. The number of hydrogen-bond acceptors (Lipinski definition) is 3. The van der Waals surface area contributed by atoms with Gasteiger partial charge in [-0.15, -0.1) is 0 Å². The molecule has 4 aromatic carbocycles. The van der Waals surface area contributed by atoms with Crippen molar-refractivity contribution in [1.82, 2.24) is 0 Å². The molecule has 0 fully saturated rings. The highest BCUT2D eigenvalue weighted by Gasteiger charge is 2.31. The fourth-order valence-electron chi connectivity index (χ4n) is 4.51. The predicted octanol–water partition coefficient (Wildman–Crippen LogP) is 7.68. The molecule has 0 radical (unpaired) electrons. The van der Waals surface area contributed by atoms with Gasteiger partial charge in [0.2, 0.25) is 0 Å². The number of aryl methyl sites for hydroxylation is 1. The molecular formula is C31H34NO2P. The second-order valence-corrected chi connectivity index (χ2v) is 10.9. The summed E-state index contributed by atoms with van der Waals surface area (Å²) in [6.07, 6.45) is 0.904. The predicted molar refractivity (Wildman–Crippen MR) is 150 cm³/mol. The van der Waals surface area contributed by atoms with E-state index in [1.807, 2.05) is 18.2 Å². The highest BCUT2D eigenvalue weighted by atomic mass is 31.1. The highest BCUT2D eigenvalue weighted by molar-refractivity contribution is 7.48. The standard InChI is InChI=1S/C31H34NO2P/c1-5-31(3,27-20-13-21-28(34-4)29(27)33)35-30-23(2)14-12-15-24(30)22-32(25-16-8-6-9-17-25)26-18-10-7-11-19-26/h6-21,33,35H,5,22H2,1-4H3. The third kappa shape index (κ3) is 5.36. The smallest absolute Gasteiger partial charge is 0.161 e. The van der Waals surface area contributed by atoms with Gasteiger partial charge in [-0.2, -0.15) is 0 Å². The Morgan fingerprint density at radius 2 is 1.43 bits per heavy atom. The van der Waals surface area contributed by atoms with Crippen LogP contribution in [-0.2, 0) is 11.7 Å². The van der Waals surface area contributed by atoms with Crippen molar-refractivity contribution in [2.24, 2.45) is 0 Å². The van der Waals surface area contributed by atoms with Crippen molar-refractivity contribution in [2.45, 2.75) is 38.9 Å². The van der Waals surface area contributed by atoms with Crippen molar-refractivity contribution >= 4 is 25.3 Å². The fourth-order valence-corrected chi connectivity index (χ4v) is 6.18. The molecule has 2 unspecified atom stereocenters. The molecule has 2 atom stereocenters. The monoisotopic (exact) mass is 483 g/mol. The first kappa shape index (κ1) is 24.8. The van der Waals surface area contributed by atoms with Gasteiger partial charge in [0.25, 0.3) is 0 Å². The lowest BCUT2D eigenvalue weighted by molar-refractivity contribution is 0.367. The summed E-state index contributed by atoms with van der Waals surface area (Å²) in [4.78, 5) is 2.37. The second kappa shape index (κ2) is 11.0. The number of hydrogen-bond donors (Lipinski definition) is 1. The van der Waals surface area contributed by atoms with Crippen molar-refractivity contribution in [3.8, 4) is 11.5 Å². The molecule has 0 aliphatic rings. The number of nitrogens with zero attached hydrogens (tertiary/aromatic N) is 1. The highest BCUT2D eigenvalue weighted by Crippen LogP contribution is 2.50. The van der Waals surface area contributed by atoms with E-state index in [0.717, 1.165) is 29.9 Å². The number of aromatic hydroxyl groups is 1. The lowest BCUT2D eigenvalue weighted by Crippen LogP contribution is -2.25. The van der Waals surface area contributed by atoms with Crippen LogP contribution >= 0.6 is 8.58 Å². The van der Waals surface area contributed by atoms with Gasteiger partial charge in [-0.1, -0.05) is 89.2 Å². The summed E-state index contributed by atoms with van der Waals surface area (Å²) < 4.78 is 5.42. The molecule has 0 aliphatic carbocycles. The second-order valence-electron chi connectivity index (χ2n) is 9.03. The zero-order valence-corrected chi connectivity index (χ0v) is 22.0. The van der Waals surface area contributed by atoms with Gasteiger partial charge >= 0.3 is 0 Å². The van der Waals surface area contributed by atoms with Gasteiger partial charge < -0.3 is 14.7 Å². The fraction of sp³-hybridized carbons (Fsp3) is 0.226. The van der Waals surface area contributed by atoms with E-state index in [0.29, 0.717) is 14.3 Å². The van der Waals surface area contributed by atoms with Crippen LogP contribution < -0.4 is 14.9 Å². The topological polar surface area (TPSA) is 32.7 Å². The number of benzene rings is 4. The van der Waals surface area contributed by atoms with Gasteiger partial charge in [0, 0.05) is 28.6 Å². The minimum absolute atomic E-state index is 0.218. The Kier molecular flexibility index (Phi) is 7.78. The Labute approximate surface area is 211 Å². The van der Waals surface area contributed by atoms with Crippen molar-refractivity contribution < 1.29 is 9.84 Å². The van der Waals surface area contributed by atoms with Gasteiger partial charge in [-0.25, -0.2) is 0 Å². The summed E-state index contributed by atoms with van der Waals surface area (Å²) in [5.41, 5.74) is 5.85. The molecule has 0 saturated carbocycles. The maximum Gasteiger partial charge on any atom is 0.161 e. The molecule has 4 aromatic rings. The van der Waals surface area contributed by atoms with Gasteiger partial charge in [-0.05, 0) is 60.1 Å². The molecule has 180 valence electrons. The first-order chi connectivity index (χ1) is 17.0. The maximum atomic E-state index is 11.0. The molecule has 0 aromatic heterocycles. The number of ether oxygens (including phenoxy) is 1. The Bertz CT molecular complexity index is 1220. The van der Waals surface area contributed by atoms with E-state index in [4.69, 9.17) is 4.74 Å². The lowest BCUT2D eigenvalue weighted by Gasteiger charge is -2.33. The molecule has 0 spiro atoms. The molecule has 0 heterocycles. The number of phenols is 1. The van der Waals surface area contributed by atoms with Crippen LogP contribution in [0.4, 0.5) is 11.4 Å². The van der Waals surface area contributed by atoms with E-state index in [9.17, 15) is 5.11 Å². The summed E-state index contributed by atoms with van der Waals surface area (Å²) in [5, 5.41) is 12.1. The van der Waals surface area contributed by atoms with Crippen LogP contribution in [0.2, 0.25) is 0 Å². The maximum absolute atomic E-state index is 11.0. The number of methoxy groups -OCH3 is 1. The first-order valence-corrected chi connectivity index (χ1v) is 13.1. The average Bonchev–Trinajstić information content (AvgIpc) is 2.90. The normalized spacial score (nSPS) is 13.0. The van der Waals surface area contributed by atoms with Gasteiger partial charge in [0.1, 0.15) is 0 Å². The SMILES string of the molecule is CCC(C)(Pc1c(C)cccc1CN(c1ccccc1)c1ccccc1)c1cccc(OC)c1O. The Balaban J connectivity index is 1.76. The molecule has 35 heavy (non-hydrogen) atoms. The summed E-state index contributed by atoms with van der Waals surface area (Å²) in [6, 6.07) is 33.5. The molecule has 4 heteroatoms. The van der Waals surface area contributed by atoms with Crippen molar-refractivity contribution in [3.63, 3.8) is 0 Å². The largest absolute Gasteiger partial charge is 0.504 e. The van der Waals surface area contributed by atoms with E-state index in [1.165, 1.54) is 16.4 Å². The molecule has 0 aliphatic heterocycles. The van der Waals surface area contributed by atoms with Gasteiger partial charge in [0.05, 0.1) is 7.11 Å². The minimum atomic E-state index is -0.218. The first-order valence-electron chi connectivity index (χ1n) is 12.1. The average molecular weight is 484 g/mol. The Morgan fingerprint density at radius 1 is 0.829 bits per heavy atom. The zero-order valence-electron chi connectivity index (χ0n) is 21.0. The van der Waals surface area contributed by atoms with E-state index in [1.54, 1.807) is 7.11 Å². The van der Waals surface area contributed by atoms with E-state index in [-0.39, 0.29) is 10.9 Å². The van der Waals surface area contributed by atoms with Crippen LogP contribution in [-0.4, -0.2) is 12.2 Å². The molecular weight excluding hydrogens is 449 g/mol. The molecule has 0 amide bonds. The summed E-state index contributed by atoms with van der Waals surface area (Å²) in [6.45, 7) is 7.41. The van der Waals surface area contributed by atoms with Crippen molar-refractivity contribution in [1.29, 1.82) is 0 Å². The minimum Gasteiger partial charge on any atom is -0.504 e. The van der Waals surface area contributed by atoms with Crippen LogP contribution in [0, 0.1) is 6.92 Å². The van der Waals surface area contributed by atoms with Crippen LogP contribution in [0.1, 0.15) is 37.0 Å². The summed E-state index contributed by atoms with van der Waals surface area (Å²) >= 11 is 0. The third-order valence-corrected chi connectivity index (χ3v) is 8.88. The number of phenolic OH excluding ortho intramolecular Hbond substituents is 1. The number of para-hydroxylation sites is 3. The van der Waals surface area contributed by atoms with Gasteiger partial charge in [0.15, 0.2) is 11.5 Å². The molecule has 1 N–H and O–H groups in total. The molecule has 4 rings (SSSR count). The quantitative estimate of drug-likeness (QED) is 0.248. The lowest BCUT2D eigenvalue weighted by atomic mass is 9.96. The summed E-state index contributed by atoms with van der Waals surface area (Å²) in [5.74, 6) is 0.772. The van der Waals surface area contributed by atoms with E-state index in [2.05, 4.69) is 105 Å².